The Morgan fingerprint density at radius 3 is 2.57 bits per heavy atom. The normalized spacial score (nSPS) is 18.9. The van der Waals surface area contributed by atoms with Crippen molar-refractivity contribution in [3.05, 3.63) is 35.9 Å². The summed E-state index contributed by atoms with van der Waals surface area (Å²) in [4.78, 5) is 4.38. The van der Waals surface area contributed by atoms with Gasteiger partial charge in [-0.2, -0.15) is 0 Å². The van der Waals surface area contributed by atoms with Gasteiger partial charge in [0.1, 0.15) is 5.60 Å². The maximum absolute atomic E-state index is 5.70. The van der Waals surface area contributed by atoms with E-state index in [9.17, 15) is 0 Å². The van der Waals surface area contributed by atoms with E-state index >= 15 is 0 Å². The lowest BCUT2D eigenvalue weighted by molar-refractivity contribution is 0.127. The quantitative estimate of drug-likeness (QED) is 0.700. The van der Waals surface area contributed by atoms with E-state index < -0.39 is 0 Å². The molecule has 0 aromatic heterocycles. The highest BCUT2D eigenvalue weighted by atomic mass is 16.5. The minimum absolute atomic E-state index is 0.107. The predicted octanol–water partition coefficient (Wildman–Crippen LogP) is 2.44. The SMILES string of the molecule is CC1(C)CN=C(Cc2ccccc2)O1. The lowest BCUT2D eigenvalue weighted by Gasteiger charge is -2.17. The monoisotopic (exact) mass is 189 g/mol. The van der Waals surface area contributed by atoms with Crippen LogP contribution in [0.5, 0.6) is 0 Å². The molecular formula is C12H15NO. The minimum Gasteiger partial charge on any atom is -0.473 e. The Labute approximate surface area is 84.6 Å². The molecule has 14 heavy (non-hydrogen) atoms. The number of ether oxygens (including phenoxy) is 1. The number of hydrogen-bond acceptors (Lipinski definition) is 2. The summed E-state index contributed by atoms with van der Waals surface area (Å²) in [6.07, 6.45) is 0.810. The standard InChI is InChI=1S/C12H15NO/c1-12(2)9-13-11(14-12)8-10-6-4-3-5-7-10/h3-7H,8-9H2,1-2H3. The summed E-state index contributed by atoms with van der Waals surface area (Å²) in [5.74, 6) is 0.862. The maximum atomic E-state index is 5.70. The number of benzene rings is 1. The topological polar surface area (TPSA) is 21.6 Å². The highest BCUT2D eigenvalue weighted by molar-refractivity contribution is 5.80. The van der Waals surface area contributed by atoms with Crippen LogP contribution >= 0.6 is 0 Å². The van der Waals surface area contributed by atoms with Crippen LogP contribution in [0.25, 0.3) is 0 Å². The van der Waals surface area contributed by atoms with Crippen LogP contribution in [-0.2, 0) is 11.2 Å². The van der Waals surface area contributed by atoms with E-state index in [2.05, 4.69) is 31.0 Å². The minimum atomic E-state index is -0.107. The molecule has 0 unspecified atom stereocenters. The van der Waals surface area contributed by atoms with Crippen LogP contribution in [0.2, 0.25) is 0 Å². The fraction of sp³-hybridized carbons (Fsp3) is 0.417. The van der Waals surface area contributed by atoms with Crippen LogP contribution in [0.4, 0.5) is 0 Å². The fourth-order valence-electron chi connectivity index (χ4n) is 1.52. The van der Waals surface area contributed by atoms with Crippen LogP contribution in [0.15, 0.2) is 35.3 Å². The van der Waals surface area contributed by atoms with Gasteiger partial charge in [0.2, 0.25) is 0 Å². The molecule has 0 saturated carbocycles. The largest absolute Gasteiger partial charge is 0.473 e. The Bertz CT molecular complexity index is 341. The van der Waals surface area contributed by atoms with Crippen molar-refractivity contribution in [3.63, 3.8) is 0 Å². The highest BCUT2D eigenvalue weighted by Crippen LogP contribution is 2.18. The molecule has 0 spiro atoms. The van der Waals surface area contributed by atoms with E-state index in [0.29, 0.717) is 0 Å². The van der Waals surface area contributed by atoms with Crippen molar-refractivity contribution in [2.75, 3.05) is 6.54 Å². The van der Waals surface area contributed by atoms with Crippen molar-refractivity contribution in [2.24, 2.45) is 4.99 Å². The van der Waals surface area contributed by atoms with E-state index in [4.69, 9.17) is 4.74 Å². The third kappa shape index (κ3) is 2.13. The average Bonchev–Trinajstić information content (AvgIpc) is 2.47. The summed E-state index contributed by atoms with van der Waals surface area (Å²) < 4.78 is 5.70. The molecule has 2 rings (SSSR count). The van der Waals surface area contributed by atoms with Crippen molar-refractivity contribution >= 4 is 5.90 Å². The van der Waals surface area contributed by atoms with Crippen molar-refractivity contribution < 1.29 is 4.74 Å². The zero-order chi connectivity index (χ0) is 10.0. The smallest absolute Gasteiger partial charge is 0.188 e. The summed E-state index contributed by atoms with van der Waals surface area (Å²) >= 11 is 0. The van der Waals surface area contributed by atoms with Crippen LogP contribution in [0, 0.1) is 0 Å². The van der Waals surface area contributed by atoms with Crippen molar-refractivity contribution in [2.45, 2.75) is 25.9 Å². The van der Waals surface area contributed by atoms with Crippen molar-refractivity contribution in [1.29, 1.82) is 0 Å². The summed E-state index contributed by atoms with van der Waals surface area (Å²) in [6, 6.07) is 10.3. The lowest BCUT2D eigenvalue weighted by Crippen LogP contribution is -2.24. The van der Waals surface area contributed by atoms with Gasteiger partial charge in [-0.25, -0.2) is 0 Å². The fourth-order valence-corrected chi connectivity index (χ4v) is 1.52. The second-order valence-electron chi connectivity index (χ2n) is 4.23. The second-order valence-corrected chi connectivity index (χ2v) is 4.23. The number of rotatable bonds is 2. The molecule has 2 nitrogen and oxygen atoms in total. The molecule has 0 bridgehead atoms. The zero-order valence-electron chi connectivity index (χ0n) is 8.66. The maximum Gasteiger partial charge on any atom is 0.188 e. The molecule has 0 radical (unpaired) electrons. The van der Waals surface area contributed by atoms with Gasteiger partial charge in [0.25, 0.3) is 0 Å². The Hall–Kier alpha value is -1.31. The summed E-state index contributed by atoms with van der Waals surface area (Å²) in [5.41, 5.74) is 1.15. The van der Waals surface area contributed by atoms with Gasteiger partial charge >= 0.3 is 0 Å². The molecule has 0 N–H and O–H groups in total. The Kier molecular flexibility index (Phi) is 2.28. The molecule has 1 aliphatic rings. The number of aliphatic imine (C=N–C) groups is 1. The first-order valence-electron chi connectivity index (χ1n) is 4.92. The van der Waals surface area contributed by atoms with E-state index in [1.807, 2.05) is 18.2 Å². The van der Waals surface area contributed by atoms with Gasteiger partial charge in [-0.3, -0.25) is 4.99 Å². The van der Waals surface area contributed by atoms with Gasteiger partial charge in [0, 0.05) is 6.42 Å². The summed E-state index contributed by atoms with van der Waals surface area (Å²) in [6.45, 7) is 4.90. The van der Waals surface area contributed by atoms with Crippen molar-refractivity contribution in [1.82, 2.24) is 0 Å². The molecule has 1 aromatic carbocycles. The third-order valence-electron chi connectivity index (χ3n) is 2.23. The Balaban J connectivity index is 2.01. The molecule has 0 amide bonds. The molecule has 74 valence electrons. The summed E-state index contributed by atoms with van der Waals surface area (Å²) in [7, 11) is 0. The average molecular weight is 189 g/mol. The molecule has 2 heteroatoms. The Morgan fingerprint density at radius 1 is 1.29 bits per heavy atom. The van der Waals surface area contributed by atoms with Gasteiger partial charge < -0.3 is 4.74 Å². The van der Waals surface area contributed by atoms with E-state index in [1.165, 1.54) is 5.56 Å². The van der Waals surface area contributed by atoms with Crippen LogP contribution in [0.3, 0.4) is 0 Å². The first-order chi connectivity index (χ1) is 6.66. The molecular weight excluding hydrogens is 174 g/mol. The first kappa shape index (κ1) is 9.25. The van der Waals surface area contributed by atoms with Gasteiger partial charge in [-0.1, -0.05) is 30.3 Å². The second kappa shape index (κ2) is 3.45. The van der Waals surface area contributed by atoms with Crippen molar-refractivity contribution in [3.8, 4) is 0 Å². The molecule has 0 saturated heterocycles. The molecule has 0 aliphatic carbocycles. The van der Waals surface area contributed by atoms with E-state index in [-0.39, 0.29) is 5.60 Å². The van der Waals surface area contributed by atoms with E-state index in [1.54, 1.807) is 0 Å². The number of hydrogen-bond donors (Lipinski definition) is 0. The lowest BCUT2D eigenvalue weighted by atomic mass is 10.1. The first-order valence-corrected chi connectivity index (χ1v) is 4.92. The Morgan fingerprint density at radius 2 is 2.00 bits per heavy atom. The summed E-state index contributed by atoms with van der Waals surface area (Å²) in [5, 5.41) is 0. The molecule has 0 fully saturated rings. The van der Waals surface area contributed by atoms with Gasteiger partial charge in [-0.15, -0.1) is 0 Å². The zero-order valence-corrected chi connectivity index (χ0v) is 8.66. The predicted molar refractivity (Wildman–Crippen MR) is 57.6 cm³/mol. The molecule has 1 heterocycles. The molecule has 0 atom stereocenters. The van der Waals surface area contributed by atoms with E-state index in [0.717, 1.165) is 18.9 Å². The van der Waals surface area contributed by atoms with Crippen LogP contribution < -0.4 is 0 Å². The molecule has 1 aliphatic heterocycles. The van der Waals surface area contributed by atoms with Crippen LogP contribution in [0.1, 0.15) is 19.4 Å². The van der Waals surface area contributed by atoms with Gasteiger partial charge in [0.05, 0.1) is 6.54 Å². The van der Waals surface area contributed by atoms with Crippen LogP contribution in [-0.4, -0.2) is 18.0 Å². The van der Waals surface area contributed by atoms with Gasteiger partial charge in [-0.05, 0) is 19.4 Å². The molecule has 1 aromatic rings. The third-order valence-corrected chi connectivity index (χ3v) is 2.23. The highest BCUT2D eigenvalue weighted by Gasteiger charge is 2.26. The van der Waals surface area contributed by atoms with Gasteiger partial charge in [0.15, 0.2) is 5.90 Å². The number of nitrogens with zero attached hydrogens (tertiary/aromatic N) is 1.